The third-order valence-electron chi connectivity index (χ3n) is 4.24. The molecule has 1 atom stereocenters. The standard InChI is InChI=1S/C14H29N/c1-5-9-13(2)12-14(15(3)4)10-7-6-8-11-14/h13H,5-12H2,1-4H3/i15+1. The SMILES string of the molecule is CCCC(C)CC1([15N](C)C)CCCCC1. The molecular formula is C14H29N. The van der Waals surface area contributed by atoms with E-state index in [1.807, 2.05) is 0 Å². The smallest absolute Gasteiger partial charge is 0.0206 e. The van der Waals surface area contributed by atoms with E-state index in [1.54, 1.807) is 0 Å². The molecule has 0 bridgehead atoms. The van der Waals surface area contributed by atoms with Crippen LogP contribution in [0.4, 0.5) is 0 Å². The van der Waals surface area contributed by atoms with Crippen molar-refractivity contribution in [2.24, 2.45) is 5.92 Å². The van der Waals surface area contributed by atoms with Gasteiger partial charge in [0, 0.05) is 5.54 Å². The van der Waals surface area contributed by atoms with E-state index in [2.05, 4.69) is 32.8 Å². The van der Waals surface area contributed by atoms with Crippen molar-refractivity contribution in [1.82, 2.24) is 4.90 Å². The van der Waals surface area contributed by atoms with Gasteiger partial charge in [-0.1, -0.05) is 46.0 Å². The maximum absolute atomic E-state index is 2.51. The Labute approximate surface area is 96.2 Å². The molecule has 90 valence electrons. The van der Waals surface area contributed by atoms with Crippen LogP contribution in [0.25, 0.3) is 0 Å². The van der Waals surface area contributed by atoms with Gasteiger partial charge in [0.15, 0.2) is 0 Å². The molecule has 0 aromatic heterocycles. The molecule has 0 heterocycles. The van der Waals surface area contributed by atoms with Gasteiger partial charge in [0.25, 0.3) is 0 Å². The first-order valence-electron chi connectivity index (χ1n) is 6.78. The van der Waals surface area contributed by atoms with Crippen molar-refractivity contribution in [2.45, 2.75) is 70.8 Å². The van der Waals surface area contributed by atoms with Crippen LogP contribution >= 0.6 is 0 Å². The van der Waals surface area contributed by atoms with Crippen molar-refractivity contribution in [3.63, 3.8) is 0 Å². The Morgan fingerprint density at radius 3 is 2.20 bits per heavy atom. The molecule has 1 aliphatic rings. The second kappa shape index (κ2) is 5.89. The summed E-state index contributed by atoms with van der Waals surface area (Å²) in [6.07, 6.45) is 11.3. The van der Waals surface area contributed by atoms with Crippen LogP contribution in [0.15, 0.2) is 0 Å². The average molecular weight is 212 g/mol. The van der Waals surface area contributed by atoms with Crippen LogP contribution in [0, 0.1) is 5.92 Å². The van der Waals surface area contributed by atoms with Gasteiger partial charge in [-0.3, -0.25) is 0 Å². The maximum Gasteiger partial charge on any atom is 0.0206 e. The molecular weight excluding hydrogens is 183 g/mol. The molecule has 1 fully saturated rings. The molecule has 0 amide bonds. The highest BCUT2D eigenvalue weighted by atomic mass is 15.9. The van der Waals surface area contributed by atoms with E-state index in [4.69, 9.17) is 0 Å². The Bertz CT molecular complexity index is 168. The predicted octanol–water partition coefficient (Wildman–Crippen LogP) is 4.08. The number of nitrogens with zero attached hydrogens (tertiary/aromatic N) is 1. The van der Waals surface area contributed by atoms with Crippen molar-refractivity contribution in [3.8, 4) is 0 Å². The number of hydrogen-bond acceptors (Lipinski definition) is 1. The molecule has 0 spiro atoms. The highest BCUT2D eigenvalue weighted by Crippen LogP contribution is 2.38. The normalized spacial score (nSPS) is 23.0. The van der Waals surface area contributed by atoms with Crippen LogP contribution in [-0.4, -0.2) is 24.5 Å². The lowest BCUT2D eigenvalue weighted by Gasteiger charge is -2.44. The minimum Gasteiger partial charge on any atom is -0.304 e. The van der Waals surface area contributed by atoms with Crippen molar-refractivity contribution >= 4 is 0 Å². The Morgan fingerprint density at radius 1 is 1.13 bits per heavy atom. The van der Waals surface area contributed by atoms with Gasteiger partial charge in [0.2, 0.25) is 0 Å². The van der Waals surface area contributed by atoms with Gasteiger partial charge < -0.3 is 4.90 Å². The lowest BCUT2D eigenvalue weighted by atomic mass is 9.76. The zero-order chi connectivity index (χ0) is 11.3. The van der Waals surface area contributed by atoms with Crippen LogP contribution in [-0.2, 0) is 0 Å². The second-order valence-electron chi connectivity index (χ2n) is 5.78. The topological polar surface area (TPSA) is 3.24 Å². The summed E-state index contributed by atoms with van der Waals surface area (Å²) in [4.78, 5) is 2.51. The van der Waals surface area contributed by atoms with E-state index in [1.165, 1.54) is 51.4 Å². The minimum atomic E-state index is 0.535. The van der Waals surface area contributed by atoms with E-state index in [-0.39, 0.29) is 0 Å². The largest absolute Gasteiger partial charge is 0.304 e. The molecule has 1 nitrogen and oxygen atoms in total. The van der Waals surface area contributed by atoms with Crippen LogP contribution in [0.3, 0.4) is 0 Å². The Balaban J connectivity index is 2.56. The van der Waals surface area contributed by atoms with Crippen LogP contribution in [0.2, 0.25) is 0 Å². The fraction of sp³-hybridized carbons (Fsp3) is 1.00. The quantitative estimate of drug-likeness (QED) is 0.621. The summed E-state index contributed by atoms with van der Waals surface area (Å²) in [6.45, 7) is 4.74. The molecule has 0 aliphatic heterocycles. The van der Waals surface area contributed by atoms with Gasteiger partial charge in [0.1, 0.15) is 0 Å². The molecule has 0 radical (unpaired) electrons. The molecule has 0 aromatic rings. The molecule has 1 heteroatoms. The third kappa shape index (κ3) is 3.48. The third-order valence-corrected chi connectivity index (χ3v) is 4.24. The van der Waals surface area contributed by atoms with Crippen LogP contribution in [0.1, 0.15) is 65.2 Å². The van der Waals surface area contributed by atoms with E-state index >= 15 is 0 Å². The summed E-state index contributed by atoms with van der Waals surface area (Å²) < 4.78 is 0. The van der Waals surface area contributed by atoms with E-state index in [0.29, 0.717) is 5.54 Å². The van der Waals surface area contributed by atoms with Gasteiger partial charge >= 0.3 is 0 Å². The molecule has 0 saturated heterocycles. The first-order valence-corrected chi connectivity index (χ1v) is 6.78. The molecule has 1 rings (SSSR count). The number of hydrogen-bond donors (Lipinski definition) is 0. The van der Waals surface area contributed by atoms with E-state index in [0.717, 1.165) is 5.92 Å². The summed E-state index contributed by atoms with van der Waals surface area (Å²) in [5.41, 5.74) is 0.535. The molecule has 1 aliphatic carbocycles. The highest BCUT2D eigenvalue weighted by molar-refractivity contribution is 4.91. The summed E-state index contributed by atoms with van der Waals surface area (Å²) in [6, 6.07) is 0. The number of rotatable bonds is 5. The Kier molecular flexibility index (Phi) is 5.11. The molecule has 1 unspecified atom stereocenters. The van der Waals surface area contributed by atoms with Crippen molar-refractivity contribution < 1.29 is 0 Å². The zero-order valence-corrected chi connectivity index (χ0v) is 11.2. The van der Waals surface area contributed by atoms with Gasteiger partial charge in [-0.15, -0.1) is 0 Å². The fourth-order valence-corrected chi connectivity index (χ4v) is 3.29. The lowest BCUT2D eigenvalue weighted by Crippen LogP contribution is -2.46. The average Bonchev–Trinajstić information content (AvgIpc) is 2.19. The monoisotopic (exact) mass is 212 g/mol. The molecule has 0 N–H and O–H groups in total. The fourth-order valence-electron chi connectivity index (χ4n) is 3.29. The Hall–Kier alpha value is -0.0400. The Morgan fingerprint density at radius 2 is 1.73 bits per heavy atom. The van der Waals surface area contributed by atoms with E-state index in [9.17, 15) is 0 Å². The maximum atomic E-state index is 2.51. The van der Waals surface area contributed by atoms with E-state index < -0.39 is 0 Å². The van der Waals surface area contributed by atoms with Crippen molar-refractivity contribution in [3.05, 3.63) is 0 Å². The van der Waals surface area contributed by atoms with Gasteiger partial charge in [-0.05, 0) is 39.3 Å². The summed E-state index contributed by atoms with van der Waals surface area (Å²) >= 11 is 0. The molecule has 0 aromatic carbocycles. The second-order valence-corrected chi connectivity index (χ2v) is 5.78. The van der Waals surface area contributed by atoms with Crippen molar-refractivity contribution in [1.29, 1.82) is 0 Å². The van der Waals surface area contributed by atoms with Crippen molar-refractivity contribution in [2.75, 3.05) is 14.1 Å². The van der Waals surface area contributed by atoms with Crippen LogP contribution in [0.5, 0.6) is 0 Å². The van der Waals surface area contributed by atoms with Gasteiger partial charge in [-0.25, -0.2) is 0 Å². The summed E-state index contributed by atoms with van der Waals surface area (Å²) in [5.74, 6) is 0.899. The predicted molar refractivity (Wildman–Crippen MR) is 68.2 cm³/mol. The lowest BCUT2D eigenvalue weighted by molar-refractivity contribution is 0.0726. The first-order chi connectivity index (χ1) is 7.10. The van der Waals surface area contributed by atoms with Gasteiger partial charge in [-0.2, -0.15) is 0 Å². The highest BCUT2D eigenvalue weighted by Gasteiger charge is 2.34. The van der Waals surface area contributed by atoms with Crippen LogP contribution < -0.4 is 0 Å². The van der Waals surface area contributed by atoms with Gasteiger partial charge in [0.05, 0.1) is 0 Å². The zero-order valence-electron chi connectivity index (χ0n) is 11.2. The molecule has 1 saturated carbocycles. The summed E-state index contributed by atoms with van der Waals surface area (Å²) in [5, 5.41) is 0. The minimum absolute atomic E-state index is 0.535. The summed E-state index contributed by atoms with van der Waals surface area (Å²) in [7, 11) is 4.56. The first kappa shape index (κ1) is 13.0. The molecule has 15 heavy (non-hydrogen) atoms.